The highest BCUT2D eigenvalue weighted by atomic mass is 16.5. The van der Waals surface area contributed by atoms with Gasteiger partial charge in [0.25, 0.3) is 0 Å². The molecule has 1 aliphatic carbocycles. The summed E-state index contributed by atoms with van der Waals surface area (Å²) in [4.78, 5) is 0. The number of hydrogen-bond donors (Lipinski definition) is 1. The Balaban J connectivity index is 1.88. The van der Waals surface area contributed by atoms with E-state index in [1.54, 1.807) is 0 Å². The summed E-state index contributed by atoms with van der Waals surface area (Å²) in [5, 5.41) is 3.43. The minimum atomic E-state index is 0.568. The van der Waals surface area contributed by atoms with Gasteiger partial charge in [-0.2, -0.15) is 0 Å². The molecule has 2 heteroatoms. The number of nitrogens with one attached hydrogen (secondary N) is 1. The quantitative estimate of drug-likeness (QED) is 0.641. The summed E-state index contributed by atoms with van der Waals surface area (Å²) < 4.78 is 5.74. The summed E-state index contributed by atoms with van der Waals surface area (Å²) in [6.07, 6.45) is 7.06. The van der Waals surface area contributed by atoms with Gasteiger partial charge in [-0.1, -0.05) is 19.8 Å². The second-order valence-corrected chi connectivity index (χ2v) is 4.04. The van der Waals surface area contributed by atoms with Gasteiger partial charge in [0.15, 0.2) is 0 Å². The molecule has 0 bridgehead atoms. The molecule has 2 nitrogen and oxygen atoms in total. The Bertz CT molecular complexity index is 121. The number of ether oxygens (including phenoxy) is 1. The fraction of sp³-hybridized carbons (Fsp3) is 1.00. The first-order valence-corrected chi connectivity index (χ1v) is 5.68. The van der Waals surface area contributed by atoms with E-state index in [9.17, 15) is 0 Å². The fourth-order valence-electron chi connectivity index (χ4n) is 1.73. The Kier molecular flexibility index (Phi) is 5.40. The summed E-state index contributed by atoms with van der Waals surface area (Å²) in [5.74, 6) is 0. The molecule has 1 N–H and O–H groups in total. The molecule has 1 aliphatic rings. The monoisotopic (exact) mass is 185 g/mol. The van der Waals surface area contributed by atoms with Crippen molar-refractivity contribution in [3.8, 4) is 0 Å². The highest BCUT2D eigenvalue weighted by molar-refractivity contribution is 4.67. The van der Waals surface area contributed by atoms with Gasteiger partial charge < -0.3 is 10.1 Å². The zero-order valence-electron chi connectivity index (χ0n) is 9.01. The van der Waals surface area contributed by atoms with Crippen LogP contribution in [0.1, 0.15) is 46.0 Å². The highest BCUT2D eigenvalue weighted by Crippen LogP contribution is 2.20. The number of hydrogen-bond acceptors (Lipinski definition) is 2. The molecule has 0 aromatic carbocycles. The highest BCUT2D eigenvalue weighted by Gasteiger charge is 2.14. The molecule has 0 aliphatic heterocycles. The van der Waals surface area contributed by atoms with Crippen LogP contribution in [0.4, 0.5) is 0 Å². The van der Waals surface area contributed by atoms with Crippen molar-refractivity contribution >= 4 is 0 Å². The fourth-order valence-corrected chi connectivity index (χ4v) is 1.73. The smallest absolute Gasteiger partial charge is 0.0594 e. The third kappa shape index (κ3) is 4.63. The summed E-state index contributed by atoms with van der Waals surface area (Å²) >= 11 is 0. The molecule has 1 fully saturated rings. The molecule has 0 heterocycles. The molecule has 1 unspecified atom stereocenters. The third-order valence-electron chi connectivity index (χ3n) is 2.86. The minimum Gasteiger partial charge on any atom is -0.377 e. The predicted octanol–water partition coefficient (Wildman–Crippen LogP) is 2.33. The van der Waals surface area contributed by atoms with Gasteiger partial charge in [-0.15, -0.1) is 0 Å². The average molecular weight is 185 g/mol. The largest absolute Gasteiger partial charge is 0.377 e. The molecular formula is C11H23NO. The van der Waals surface area contributed by atoms with Crippen LogP contribution in [0, 0.1) is 0 Å². The van der Waals surface area contributed by atoms with Crippen LogP contribution in [-0.4, -0.2) is 25.3 Å². The van der Waals surface area contributed by atoms with Crippen LogP contribution in [-0.2, 0) is 4.74 Å². The topological polar surface area (TPSA) is 21.3 Å². The molecule has 0 saturated heterocycles. The normalized spacial score (nSPS) is 20.8. The van der Waals surface area contributed by atoms with Crippen molar-refractivity contribution in [2.75, 3.05) is 13.2 Å². The van der Waals surface area contributed by atoms with Crippen molar-refractivity contribution in [3.63, 3.8) is 0 Å². The zero-order chi connectivity index (χ0) is 9.52. The van der Waals surface area contributed by atoms with E-state index in [2.05, 4.69) is 19.2 Å². The lowest BCUT2D eigenvalue weighted by Gasteiger charge is -2.14. The van der Waals surface area contributed by atoms with Crippen LogP contribution in [0.25, 0.3) is 0 Å². The van der Waals surface area contributed by atoms with Gasteiger partial charge in [-0.25, -0.2) is 0 Å². The predicted molar refractivity (Wildman–Crippen MR) is 56.0 cm³/mol. The molecule has 1 saturated carbocycles. The molecule has 0 radical (unpaired) electrons. The summed E-state index contributed by atoms with van der Waals surface area (Å²) in [6, 6.07) is 0.632. The van der Waals surface area contributed by atoms with Crippen LogP contribution < -0.4 is 5.32 Å². The number of rotatable bonds is 6. The molecule has 13 heavy (non-hydrogen) atoms. The van der Waals surface area contributed by atoms with E-state index < -0.39 is 0 Å². The van der Waals surface area contributed by atoms with E-state index in [4.69, 9.17) is 4.74 Å². The van der Waals surface area contributed by atoms with Crippen molar-refractivity contribution in [1.29, 1.82) is 0 Å². The zero-order valence-corrected chi connectivity index (χ0v) is 9.01. The second-order valence-electron chi connectivity index (χ2n) is 4.04. The maximum atomic E-state index is 5.74. The first-order chi connectivity index (χ1) is 6.33. The molecular weight excluding hydrogens is 162 g/mol. The van der Waals surface area contributed by atoms with E-state index in [0.29, 0.717) is 12.1 Å². The van der Waals surface area contributed by atoms with Crippen molar-refractivity contribution < 1.29 is 4.74 Å². The second kappa shape index (κ2) is 6.39. The van der Waals surface area contributed by atoms with Gasteiger partial charge in [0, 0.05) is 12.6 Å². The van der Waals surface area contributed by atoms with Crippen molar-refractivity contribution in [2.45, 2.75) is 58.1 Å². The maximum absolute atomic E-state index is 5.74. The molecule has 1 rings (SSSR count). The summed E-state index contributed by atoms with van der Waals surface area (Å²) in [7, 11) is 0. The van der Waals surface area contributed by atoms with Gasteiger partial charge >= 0.3 is 0 Å². The SMILES string of the molecule is CCC(C)NCCOC1CCCC1. The Labute approximate surface area is 82.0 Å². The van der Waals surface area contributed by atoms with Crippen molar-refractivity contribution in [3.05, 3.63) is 0 Å². The van der Waals surface area contributed by atoms with E-state index in [-0.39, 0.29) is 0 Å². The van der Waals surface area contributed by atoms with Crippen LogP contribution in [0.2, 0.25) is 0 Å². The first kappa shape index (κ1) is 11.0. The Morgan fingerprint density at radius 3 is 2.69 bits per heavy atom. The van der Waals surface area contributed by atoms with E-state index in [0.717, 1.165) is 13.2 Å². The van der Waals surface area contributed by atoms with Crippen LogP contribution >= 0.6 is 0 Å². The van der Waals surface area contributed by atoms with Crippen LogP contribution in [0.15, 0.2) is 0 Å². The van der Waals surface area contributed by atoms with Gasteiger partial charge in [0.2, 0.25) is 0 Å². The molecule has 78 valence electrons. The molecule has 0 aromatic heterocycles. The Hall–Kier alpha value is -0.0800. The standard InChI is InChI=1S/C11H23NO/c1-3-10(2)12-8-9-13-11-6-4-5-7-11/h10-12H,3-9H2,1-2H3. The molecule has 1 atom stereocenters. The van der Waals surface area contributed by atoms with Crippen LogP contribution in [0.5, 0.6) is 0 Å². The third-order valence-corrected chi connectivity index (χ3v) is 2.86. The lowest BCUT2D eigenvalue weighted by atomic mass is 10.3. The lowest BCUT2D eigenvalue weighted by Crippen LogP contribution is -2.29. The lowest BCUT2D eigenvalue weighted by molar-refractivity contribution is 0.0593. The average Bonchev–Trinajstić information content (AvgIpc) is 2.64. The Morgan fingerprint density at radius 1 is 1.38 bits per heavy atom. The van der Waals surface area contributed by atoms with Gasteiger partial charge in [-0.3, -0.25) is 0 Å². The molecule has 0 amide bonds. The van der Waals surface area contributed by atoms with Crippen molar-refractivity contribution in [1.82, 2.24) is 5.32 Å². The van der Waals surface area contributed by atoms with Crippen LogP contribution in [0.3, 0.4) is 0 Å². The van der Waals surface area contributed by atoms with E-state index in [1.165, 1.54) is 32.1 Å². The molecule has 0 aromatic rings. The van der Waals surface area contributed by atoms with Crippen molar-refractivity contribution in [2.24, 2.45) is 0 Å². The van der Waals surface area contributed by atoms with Gasteiger partial charge in [-0.05, 0) is 26.2 Å². The summed E-state index contributed by atoms with van der Waals surface area (Å²) in [5.41, 5.74) is 0. The van der Waals surface area contributed by atoms with E-state index >= 15 is 0 Å². The van der Waals surface area contributed by atoms with Gasteiger partial charge in [0.05, 0.1) is 12.7 Å². The maximum Gasteiger partial charge on any atom is 0.0594 e. The minimum absolute atomic E-state index is 0.568. The molecule has 0 spiro atoms. The van der Waals surface area contributed by atoms with Gasteiger partial charge in [0.1, 0.15) is 0 Å². The summed E-state index contributed by atoms with van der Waals surface area (Å²) in [6.45, 7) is 6.31. The Morgan fingerprint density at radius 2 is 2.08 bits per heavy atom. The first-order valence-electron chi connectivity index (χ1n) is 5.68. The van der Waals surface area contributed by atoms with E-state index in [1.807, 2.05) is 0 Å².